The molecule has 0 saturated heterocycles. The van der Waals surface area contributed by atoms with Crippen LogP contribution in [0.5, 0.6) is 5.75 Å². The first kappa shape index (κ1) is 24.8. The molecule has 0 unspecified atom stereocenters. The molecule has 6 nitrogen and oxygen atoms in total. The summed E-state index contributed by atoms with van der Waals surface area (Å²) in [6.45, 7) is 9.55. The molecule has 0 radical (unpaired) electrons. The molecule has 37 heavy (non-hydrogen) atoms. The van der Waals surface area contributed by atoms with Crippen LogP contribution < -0.4 is 10.5 Å². The van der Waals surface area contributed by atoms with Crippen LogP contribution in [0.4, 0.5) is 4.39 Å². The van der Waals surface area contributed by atoms with Crippen molar-refractivity contribution in [1.29, 1.82) is 0 Å². The number of fused-ring (bicyclic) bond motifs is 1. The molecule has 0 aliphatic carbocycles. The van der Waals surface area contributed by atoms with Crippen LogP contribution in [0.2, 0.25) is 0 Å². The molecule has 5 rings (SSSR count). The fourth-order valence-corrected chi connectivity index (χ4v) is 5.25. The van der Waals surface area contributed by atoms with E-state index in [1.165, 1.54) is 13.0 Å². The zero-order chi connectivity index (χ0) is 26.6. The van der Waals surface area contributed by atoms with Gasteiger partial charge < -0.3 is 15.2 Å². The Morgan fingerprint density at radius 2 is 1.89 bits per heavy atom. The highest BCUT2D eigenvalue weighted by Gasteiger charge is 2.31. The third kappa shape index (κ3) is 4.33. The Labute approximate surface area is 214 Å². The number of primary amides is 1. The largest absolute Gasteiger partial charge is 0.493 e. The number of aryl methyl sites for hydroxylation is 1. The number of nitrogens with zero attached hydrogens (tertiary/aromatic N) is 1. The average Bonchev–Trinajstić information content (AvgIpc) is 2.82. The SMILES string of the molecule is CC(=O)[C@@H](OC(C)(C)C)c1c(C)cc2c(C(N)=O)cc(F)cc2c1-c1ccc2c3c(ccnc13)CCO2. The maximum atomic E-state index is 15.0. The summed E-state index contributed by atoms with van der Waals surface area (Å²) in [5.74, 6) is -0.804. The average molecular weight is 501 g/mol. The second-order valence-electron chi connectivity index (χ2n) is 10.5. The summed E-state index contributed by atoms with van der Waals surface area (Å²) in [5, 5.41) is 1.84. The van der Waals surface area contributed by atoms with Crippen molar-refractivity contribution in [3.05, 3.63) is 70.7 Å². The molecule has 0 bridgehead atoms. The van der Waals surface area contributed by atoms with Crippen LogP contribution in [-0.4, -0.2) is 28.9 Å². The van der Waals surface area contributed by atoms with Gasteiger partial charge in [0.05, 0.1) is 17.7 Å². The van der Waals surface area contributed by atoms with E-state index in [1.54, 1.807) is 12.3 Å². The summed E-state index contributed by atoms with van der Waals surface area (Å²) >= 11 is 0. The van der Waals surface area contributed by atoms with Crippen molar-refractivity contribution in [2.24, 2.45) is 5.73 Å². The highest BCUT2D eigenvalue weighted by atomic mass is 19.1. The number of ketones is 1. The Morgan fingerprint density at radius 3 is 2.57 bits per heavy atom. The van der Waals surface area contributed by atoms with E-state index in [0.717, 1.165) is 34.7 Å². The molecule has 190 valence electrons. The van der Waals surface area contributed by atoms with Crippen LogP contribution in [0.3, 0.4) is 0 Å². The summed E-state index contributed by atoms with van der Waals surface area (Å²) in [6, 6.07) is 10.0. The van der Waals surface area contributed by atoms with Crippen molar-refractivity contribution in [2.75, 3.05) is 6.61 Å². The molecule has 1 aromatic heterocycles. The topological polar surface area (TPSA) is 91.5 Å². The van der Waals surface area contributed by atoms with Gasteiger partial charge in [0.1, 0.15) is 17.7 Å². The van der Waals surface area contributed by atoms with Gasteiger partial charge in [0.15, 0.2) is 5.78 Å². The van der Waals surface area contributed by atoms with E-state index in [2.05, 4.69) is 0 Å². The number of hydrogen-bond donors (Lipinski definition) is 1. The Bertz CT molecular complexity index is 1590. The Hall–Kier alpha value is -3.84. The van der Waals surface area contributed by atoms with Crippen molar-refractivity contribution >= 4 is 33.4 Å². The van der Waals surface area contributed by atoms with Crippen LogP contribution in [0.15, 0.2) is 42.6 Å². The smallest absolute Gasteiger partial charge is 0.249 e. The zero-order valence-corrected chi connectivity index (χ0v) is 21.6. The molecule has 1 aliphatic heterocycles. The maximum Gasteiger partial charge on any atom is 0.249 e. The molecule has 1 amide bonds. The minimum absolute atomic E-state index is 0.0704. The second-order valence-corrected chi connectivity index (χ2v) is 10.5. The lowest BCUT2D eigenvalue weighted by Crippen LogP contribution is -2.27. The van der Waals surface area contributed by atoms with Crippen molar-refractivity contribution in [3.63, 3.8) is 0 Å². The Kier molecular flexibility index (Phi) is 5.99. The van der Waals surface area contributed by atoms with Crippen molar-refractivity contribution < 1.29 is 23.5 Å². The normalized spacial score (nSPS) is 14.0. The molecule has 3 aromatic carbocycles. The van der Waals surface area contributed by atoms with Gasteiger partial charge in [0.2, 0.25) is 5.91 Å². The number of pyridine rings is 1. The highest BCUT2D eigenvalue weighted by molar-refractivity contribution is 6.14. The van der Waals surface area contributed by atoms with Gasteiger partial charge in [-0.2, -0.15) is 0 Å². The second kappa shape index (κ2) is 8.92. The van der Waals surface area contributed by atoms with E-state index in [0.29, 0.717) is 39.6 Å². The molecular formula is C30H29FN2O4. The lowest BCUT2D eigenvalue weighted by atomic mass is 9.83. The highest BCUT2D eigenvalue weighted by Crippen LogP contribution is 2.45. The number of benzene rings is 3. The zero-order valence-electron chi connectivity index (χ0n) is 21.6. The number of nitrogens with two attached hydrogens (primary N) is 1. The van der Waals surface area contributed by atoms with E-state index in [9.17, 15) is 14.0 Å². The van der Waals surface area contributed by atoms with Crippen molar-refractivity contribution in [2.45, 2.75) is 52.7 Å². The first-order valence-electron chi connectivity index (χ1n) is 12.2. The number of ether oxygens (including phenoxy) is 2. The number of Topliss-reactive ketones (excluding diaryl/α,β-unsaturated/α-hetero) is 1. The summed E-state index contributed by atoms with van der Waals surface area (Å²) < 4.78 is 27.2. The number of halogens is 1. The van der Waals surface area contributed by atoms with Crippen LogP contribution in [-0.2, 0) is 16.0 Å². The number of aromatic nitrogens is 1. The Balaban J connectivity index is 1.98. The molecule has 7 heteroatoms. The molecular weight excluding hydrogens is 471 g/mol. The standard InChI is InChI=1S/C30H29FN2O4/c1-15-12-20-21(13-18(31)14-22(20)29(32)35)26(24(15)28(16(2)34)37-30(3,4)5)19-6-7-23-25-17(9-11-36-23)8-10-33-27(19)25/h6-8,10,12-14,28H,9,11H2,1-5H3,(H2,32,35)/t28-/m1/s1. The summed E-state index contributed by atoms with van der Waals surface area (Å²) in [5.41, 5.74) is 9.47. The predicted molar refractivity (Wildman–Crippen MR) is 141 cm³/mol. The van der Waals surface area contributed by atoms with Gasteiger partial charge in [-0.15, -0.1) is 0 Å². The molecule has 1 aliphatic rings. The lowest BCUT2D eigenvalue weighted by Gasteiger charge is -2.30. The van der Waals surface area contributed by atoms with E-state index in [1.807, 2.05) is 45.9 Å². The molecule has 1 atom stereocenters. The van der Waals surface area contributed by atoms with E-state index >= 15 is 0 Å². The number of carbonyl (C=O) groups excluding carboxylic acids is 2. The van der Waals surface area contributed by atoms with Crippen LogP contribution in [0.1, 0.15) is 60.8 Å². The van der Waals surface area contributed by atoms with Gasteiger partial charge in [-0.3, -0.25) is 14.6 Å². The fourth-order valence-electron chi connectivity index (χ4n) is 5.25. The predicted octanol–water partition coefficient (Wildman–Crippen LogP) is 5.98. The number of rotatable bonds is 5. The van der Waals surface area contributed by atoms with E-state index in [-0.39, 0.29) is 11.3 Å². The number of amides is 1. The van der Waals surface area contributed by atoms with Crippen molar-refractivity contribution in [3.8, 4) is 16.9 Å². The van der Waals surface area contributed by atoms with Crippen LogP contribution >= 0.6 is 0 Å². The summed E-state index contributed by atoms with van der Waals surface area (Å²) in [4.78, 5) is 30.1. The number of carbonyl (C=O) groups is 2. The Morgan fingerprint density at radius 1 is 1.14 bits per heavy atom. The summed E-state index contributed by atoms with van der Waals surface area (Å²) in [6.07, 6.45) is 1.56. The molecule has 0 spiro atoms. The van der Waals surface area contributed by atoms with E-state index in [4.69, 9.17) is 20.2 Å². The van der Waals surface area contributed by atoms with Gasteiger partial charge in [0, 0.05) is 29.1 Å². The van der Waals surface area contributed by atoms with Gasteiger partial charge in [0.25, 0.3) is 0 Å². The molecule has 2 heterocycles. The van der Waals surface area contributed by atoms with Gasteiger partial charge >= 0.3 is 0 Å². The first-order valence-corrected chi connectivity index (χ1v) is 12.2. The number of hydrogen-bond acceptors (Lipinski definition) is 5. The lowest BCUT2D eigenvalue weighted by molar-refractivity contribution is -0.138. The van der Waals surface area contributed by atoms with Gasteiger partial charge in [-0.25, -0.2) is 4.39 Å². The monoisotopic (exact) mass is 500 g/mol. The maximum absolute atomic E-state index is 15.0. The molecule has 0 saturated carbocycles. The van der Waals surface area contributed by atoms with Crippen molar-refractivity contribution in [1.82, 2.24) is 4.98 Å². The van der Waals surface area contributed by atoms with Gasteiger partial charge in [-0.05, 0) is 98.0 Å². The molecule has 0 fully saturated rings. The third-order valence-electron chi connectivity index (χ3n) is 6.68. The minimum Gasteiger partial charge on any atom is -0.493 e. The van der Waals surface area contributed by atoms with Crippen LogP contribution in [0, 0.1) is 12.7 Å². The third-order valence-corrected chi connectivity index (χ3v) is 6.68. The minimum atomic E-state index is -0.929. The summed E-state index contributed by atoms with van der Waals surface area (Å²) in [7, 11) is 0. The quantitative estimate of drug-likeness (QED) is 0.364. The molecule has 4 aromatic rings. The van der Waals surface area contributed by atoms with Gasteiger partial charge in [-0.1, -0.05) is 6.07 Å². The molecule has 2 N–H and O–H groups in total. The fraction of sp³-hybridized carbons (Fsp3) is 0.300. The first-order chi connectivity index (χ1) is 17.5. The van der Waals surface area contributed by atoms with Crippen LogP contribution in [0.25, 0.3) is 32.8 Å². The van der Waals surface area contributed by atoms with E-state index < -0.39 is 23.4 Å².